The summed E-state index contributed by atoms with van der Waals surface area (Å²) in [7, 11) is 0. The summed E-state index contributed by atoms with van der Waals surface area (Å²) in [5, 5.41) is 0. The van der Waals surface area contributed by atoms with E-state index in [1.165, 1.54) is 6.33 Å². The van der Waals surface area contributed by atoms with Crippen LogP contribution in [0.2, 0.25) is 0 Å². The molecule has 0 aliphatic carbocycles. The molecule has 1 heterocycles. The van der Waals surface area contributed by atoms with Gasteiger partial charge in [-0.05, 0) is 13.5 Å². The minimum atomic E-state index is 0.239. The Balaban J connectivity index is 2.90. The molecule has 0 aliphatic rings. The third-order valence-electron chi connectivity index (χ3n) is 1.87. The topological polar surface area (TPSA) is 61.0 Å². The van der Waals surface area contributed by atoms with Crippen molar-refractivity contribution in [2.45, 2.75) is 19.8 Å². The van der Waals surface area contributed by atoms with Crippen LogP contribution in [0.5, 0.6) is 5.88 Å². The van der Waals surface area contributed by atoms with Gasteiger partial charge in [0, 0.05) is 17.7 Å². The Morgan fingerprint density at radius 2 is 2.38 bits per heavy atom. The fourth-order valence-corrected chi connectivity index (χ4v) is 1.05. The minimum absolute atomic E-state index is 0.239. The molecule has 0 saturated heterocycles. The Morgan fingerprint density at radius 1 is 1.62 bits per heavy atom. The van der Waals surface area contributed by atoms with Crippen LogP contribution in [0.25, 0.3) is 0 Å². The van der Waals surface area contributed by atoms with E-state index in [2.05, 4.69) is 9.97 Å². The van der Waals surface area contributed by atoms with Crippen molar-refractivity contribution < 1.29 is 4.74 Å². The molecule has 1 atom stereocenters. The van der Waals surface area contributed by atoms with E-state index >= 15 is 0 Å². The lowest BCUT2D eigenvalue weighted by Crippen LogP contribution is -2.11. The number of hydrogen-bond donors (Lipinski definition) is 1. The number of rotatable bonds is 4. The number of nitrogens with two attached hydrogens (primary N) is 1. The van der Waals surface area contributed by atoms with E-state index in [9.17, 15) is 0 Å². The van der Waals surface area contributed by atoms with Crippen LogP contribution in [-0.4, -0.2) is 23.1 Å². The van der Waals surface area contributed by atoms with Gasteiger partial charge < -0.3 is 10.5 Å². The molecule has 0 amide bonds. The smallest absolute Gasteiger partial charge is 0.219 e. The molecule has 0 radical (unpaired) electrons. The van der Waals surface area contributed by atoms with Crippen molar-refractivity contribution in [3.05, 3.63) is 18.1 Å². The average Bonchev–Trinajstić information content (AvgIpc) is 2.18. The summed E-state index contributed by atoms with van der Waals surface area (Å²) >= 11 is 0. The van der Waals surface area contributed by atoms with Gasteiger partial charge in [0.15, 0.2) is 0 Å². The van der Waals surface area contributed by atoms with Gasteiger partial charge in [0.1, 0.15) is 6.33 Å². The lowest BCUT2D eigenvalue weighted by Gasteiger charge is -2.12. The number of hydrogen-bond acceptors (Lipinski definition) is 4. The first-order chi connectivity index (χ1) is 6.29. The van der Waals surface area contributed by atoms with Crippen LogP contribution in [0.4, 0.5) is 0 Å². The van der Waals surface area contributed by atoms with Crippen LogP contribution in [-0.2, 0) is 0 Å². The van der Waals surface area contributed by atoms with Gasteiger partial charge in [-0.1, -0.05) is 6.92 Å². The number of nitrogens with zero attached hydrogens (tertiary/aromatic N) is 2. The van der Waals surface area contributed by atoms with Crippen molar-refractivity contribution in [2.75, 3.05) is 13.2 Å². The van der Waals surface area contributed by atoms with E-state index < -0.39 is 0 Å². The van der Waals surface area contributed by atoms with Crippen molar-refractivity contribution in [3.63, 3.8) is 0 Å². The maximum atomic E-state index is 5.56. The molecule has 0 aromatic carbocycles. The average molecular weight is 181 g/mol. The molecular weight excluding hydrogens is 166 g/mol. The van der Waals surface area contributed by atoms with E-state index in [4.69, 9.17) is 10.5 Å². The summed E-state index contributed by atoms with van der Waals surface area (Å²) in [4.78, 5) is 8.00. The Labute approximate surface area is 78.1 Å². The maximum absolute atomic E-state index is 5.56. The minimum Gasteiger partial charge on any atom is -0.478 e. The van der Waals surface area contributed by atoms with Crippen molar-refractivity contribution in [1.29, 1.82) is 0 Å². The van der Waals surface area contributed by atoms with E-state index in [-0.39, 0.29) is 5.92 Å². The third-order valence-corrected chi connectivity index (χ3v) is 1.87. The quantitative estimate of drug-likeness (QED) is 0.750. The van der Waals surface area contributed by atoms with Crippen molar-refractivity contribution >= 4 is 0 Å². The Bertz CT molecular complexity index is 265. The van der Waals surface area contributed by atoms with Crippen molar-refractivity contribution in [2.24, 2.45) is 5.73 Å². The van der Waals surface area contributed by atoms with Crippen LogP contribution >= 0.6 is 0 Å². The largest absolute Gasteiger partial charge is 0.478 e. The first-order valence-electron chi connectivity index (χ1n) is 4.42. The van der Waals surface area contributed by atoms with E-state index in [1.54, 1.807) is 6.20 Å². The van der Waals surface area contributed by atoms with E-state index in [0.29, 0.717) is 19.0 Å². The zero-order valence-corrected chi connectivity index (χ0v) is 8.03. The highest BCUT2D eigenvalue weighted by atomic mass is 16.5. The zero-order valence-electron chi connectivity index (χ0n) is 8.03. The molecule has 0 fully saturated rings. The highest BCUT2D eigenvalue weighted by Gasteiger charge is 2.10. The van der Waals surface area contributed by atoms with Crippen LogP contribution in [0.3, 0.4) is 0 Å². The molecule has 1 rings (SSSR count). The summed E-state index contributed by atoms with van der Waals surface area (Å²) < 4.78 is 5.35. The standard InChI is InChI=1S/C9H15N3O/c1-3-13-9-8(7(2)4-10)5-11-6-12-9/h5-7H,3-4,10H2,1-2H3. The second-order valence-electron chi connectivity index (χ2n) is 2.85. The second-order valence-corrected chi connectivity index (χ2v) is 2.85. The van der Waals surface area contributed by atoms with E-state index in [0.717, 1.165) is 5.56 Å². The zero-order chi connectivity index (χ0) is 9.68. The predicted octanol–water partition coefficient (Wildman–Crippen LogP) is 0.938. The van der Waals surface area contributed by atoms with Crippen LogP contribution in [0, 0.1) is 0 Å². The summed E-state index contributed by atoms with van der Waals surface area (Å²) in [6.07, 6.45) is 3.24. The van der Waals surface area contributed by atoms with Gasteiger partial charge in [0.2, 0.25) is 5.88 Å². The first kappa shape index (κ1) is 9.92. The molecule has 0 spiro atoms. The SMILES string of the molecule is CCOc1ncncc1C(C)CN. The molecule has 0 saturated carbocycles. The summed E-state index contributed by atoms with van der Waals surface area (Å²) in [5.74, 6) is 0.887. The molecule has 0 bridgehead atoms. The number of aromatic nitrogens is 2. The highest BCUT2D eigenvalue weighted by molar-refractivity contribution is 5.26. The van der Waals surface area contributed by atoms with Gasteiger partial charge in [-0.3, -0.25) is 0 Å². The fourth-order valence-electron chi connectivity index (χ4n) is 1.05. The third kappa shape index (κ3) is 2.39. The number of ether oxygens (including phenoxy) is 1. The lowest BCUT2D eigenvalue weighted by atomic mass is 10.1. The van der Waals surface area contributed by atoms with Gasteiger partial charge in [-0.2, -0.15) is 0 Å². The fraction of sp³-hybridized carbons (Fsp3) is 0.556. The van der Waals surface area contributed by atoms with Crippen LogP contribution in [0.15, 0.2) is 12.5 Å². The Hall–Kier alpha value is -1.16. The second kappa shape index (κ2) is 4.77. The highest BCUT2D eigenvalue weighted by Crippen LogP contribution is 2.21. The molecule has 72 valence electrons. The molecule has 13 heavy (non-hydrogen) atoms. The first-order valence-corrected chi connectivity index (χ1v) is 4.42. The van der Waals surface area contributed by atoms with Gasteiger partial charge in [0.25, 0.3) is 0 Å². The Morgan fingerprint density at radius 3 is 3.00 bits per heavy atom. The molecule has 2 N–H and O–H groups in total. The Kier molecular flexibility index (Phi) is 3.64. The summed E-state index contributed by atoms with van der Waals surface area (Å²) in [5.41, 5.74) is 6.54. The predicted molar refractivity (Wildman–Crippen MR) is 50.7 cm³/mol. The molecule has 1 unspecified atom stereocenters. The lowest BCUT2D eigenvalue weighted by molar-refractivity contribution is 0.320. The molecule has 4 heteroatoms. The summed E-state index contributed by atoms with van der Waals surface area (Å²) in [6.45, 7) is 5.15. The molecule has 0 aliphatic heterocycles. The molecule has 4 nitrogen and oxygen atoms in total. The van der Waals surface area contributed by atoms with Crippen LogP contribution < -0.4 is 10.5 Å². The maximum Gasteiger partial charge on any atom is 0.219 e. The van der Waals surface area contributed by atoms with Gasteiger partial charge >= 0.3 is 0 Å². The van der Waals surface area contributed by atoms with Gasteiger partial charge in [-0.15, -0.1) is 0 Å². The van der Waals surface area contributed by atoms with Crippen LogP contribution in [0.1, 0.15) is 25.3 Å². The summed E-state index contributed by atoms with van der Waals surface area (Å²) in [6, 6.07) is 0. The normalized spacial score (nSPS) is 12.5. The van der Waals surface area contributed by atoms with Gasteiger partial charge in [0.05, 0.1) is 6.61 Å². The van der Waals surface area contributed by atoms with E-state index in [1.807, 2.05) is 13.8 Å². The van der Waals surface area contributed by atoms with Crippen molar-refractivity contribution in [3.8, 4) is 5.88 Å². The molecule has 1 aromatic rings. The molecular formula is C9H15N3O. The van der Waals surface area contributed by atoms with Crippen molar-refractivity contribution in [1.82, 2.24) is 9.97 Å². The molecule has 1 aromatic heterocycles. The monoisotopic (exact) mass is 181 g/mol. The van der Waals surface area contributed by atoms with Gasteiger partial charge in [-0.25, -0.2) is 9.97 Å².